The van der Waals surface area contributed by atoms with Gasteiger partial charge in [0.25, 0.3) is 5.91 Å². The fourth-order valence-corrected chi connectivity index (χ4v) is 5.78. The molecule has 3 fully saturated rings. The van der Waals surface area contributed by atoms with Crippen LogP contribution in [0.5, 0.6) is 0 Å². The fraction of sp³-hybridized carbons (Fsp3) is 0.520. The maximum absolute atomic E-state index is 13.4. The summed E-state index contributed by atoms with van der Waals surface area (Å²) in [4.78, 5) is 22.5. The van der Waals surface area contributed by atoms with E-state index in [-0.39, 0.29) is 16.9 Å². The van der Waals surface area contributed by atoms with E-state index in [9.17, 15) is 13.2 Å². The third-order valence-corrected chi connectivity index (χ3v) is 8.87. The standard InChI is InChI=1S/C25H33N5O4S/c1-18-17-30(14-15-34-18)23-5-3-4-22(27-23)28-24(31)20-7-6-19(35(32,33)26-2)16-21(20)29-12-10-25(8-9-25)11-13-29/h3-7,16,18,26H,8-15,17H2,1-2H3,(H,27,28,31)/t18-/m1/s1. The zero-order valence-electron chi connectivity index (χ0n) is 20.3. The Morgan fingerprint density at radius 1 is 1.09 bits per heavy atom. The second kappa shape index (κ2) is 9.40. The molecule has 1 spiro atoms. The molecule has 0 radical (unpaired) electrons. The van der Waals surface area contributed by atoms with Gasteiger partial charge in [-0.15, -0.1) is 0 Å². The van der Waals surface area contributed by atoms with Crippen molar-refractivity contribution < 1.29 is 17.9 Å². The summed E-state index contributed by atoms with van der Waals surface area (Å²) < 4.78 is 32.9. The van der Waals surface area contributed by atoms with Crippen LogP contribution in [0.1, 0.15) is 43.0 Å². The lowest BCUT2D eigenvalue weighted by atomic mass is 9.93. The predicted octanol–water partition coefficient (Wildman–Crippen LogP) is 2.85. The largest absolute Gasteiger partial charge is 0.375 e. The minimum atomic E-state index is -3.63. The second-order valence-corrected chi connectivity index (χ2v) is 11.7. The second-order valence-electron chi connectivity index (χ2n) is 9.84. The number of pyridine rings is 1. The molecule has 9 nitrogen and oxygen atoms in total. The van der Waals surface area contributed by atoms with E-state index in [1.165, 1.54) is 26.0 Å². The summed E-state index contributed by atoms with van der Waals surface area (Å²) >= 11 is 0. The Kier molecular flexibility index (Phi) is 6.45. The van der Waals surface area contributed by atoms with E-state index in [1.54, 1.807) is 18.2 Å². The van der Waals surface area contributed by atoms with E-state index in [4.69, 9.17) is 4.74 Å². The average molecular weight is 500 g/mol. The Morgan fingerprint density at radius 2 is 1.86 bits per heavy atom. The third-order valence-electron chi connectivity index (χ3n) is 7.46. The Morgan fingerprint density at radius 3 is 2.54 bits per heavy atom. The van der Waals surface area contributed by atoms with Crippen molar-refractivity contribution in [3.05, 3.63) is 42.0 Å². The maximum atomic E-state index is 13.4. The molecule has 0 unspecified atom stereocenters. The molecular formula is C25H33N5O4S. The molecule has 1 saturated carbocycles. The molecule has 1 aromatic heterocycles. The number of amides is 1. The lowest BCUT2D eigenvalue weighted by Gasteiger charge is -2.35. The molecule has 10 heteroatoms. The maximum Gasteiger partial charge on any atom is 0.258 e. The van der Waals surface area contributed by atoms with E-state index in [0.29, 0.717) is 29.1 Å². The number of hydrogen-bond donors (Lipinski definition) is 2. The van der Waals surface area contributed by atoms with Gasteiger partial charge in [-0.25, -0.2) is 18.1 Å². The number of morpholine rings is 1. The fourth-order valence-electron chi connectivity index (χ4n) is 5.03. The van der Waals surface area contributed by atoms with Gasteiger partial charge in [-0.3, -0.25) is 4.79 Å². The summed E-state index contributed by atoms with van der Waals surface area (Å²) in [5, 5.41) is 2.93. The number of nitrogens with zero attached hydrogens (tertiary/aromatic N) is 3. The van der Waals surface area contributed by atoms with E-state index >= 15 is 0 Å². The van der Waals surface area contributed by atoms with E-state index < -0.39 is 10.0 Å². The molecule has 3 aliphatic rings. The molecule has 188 valence electrons. The number of hydrogen-bond acceptors (Lipinski definition) is 7. The van der Waals surface area contributed by atoms with Gasteiger partial charge in [0, 0.05) is 26.2 Å². The average Bonchev–Trinajstić information content (AvgIpc) is 3.63. The Bertz CT molecular complexity index is 1200. The Labute approximate surface area is 206 Å². The summed E-state index contributed by atoms with van der Waals surface area (Å²) in [5.41, 5.74) is 1.56. The zero-order valence-corrected chi connectivity index (χ0v) is 21.1. The smallest absolute Gasteiger partial charge is 0.258 e. The molecule has 1 aromatic carbocycles. The summed E-state index contributed by atoms with van der Waals surface area (Å²) in [6.45, 7) is 5.78. The summed E-state index contributed by atoms with van der Waals surface area (Å²) in [6.07, 6.45) is 4.80. The first kappa shape index (κ1) is 24.0. The highest BCUT2D eigenvalue weighted by molar-refractivity contribution is 7.89. The minimum Gasteiger partial charge on any atom is -0.375 e. The predicted molar refractivity (Wildman–Crippen MR) is 136 cm³/mol. The van der Waals surface area contributed by atoms with E-state index in [2.05, 4.69) is 24.8 Å². The normalized spacial score (nSPS) is 21.7. The van der Waals surface area contributed by atoms with Crippen molar-refractivity contribution in [1.82, 2.24) is 9.71 Å². The van der Waals surface area contributed by atoms with Crippen LogP contribution in [-0.2, 0) is 14.8 Å². The first-order valence-corrected chi connectivity index (χ1v) is 13.7. The molecule has 35 heavy (non-hydrogen) atoms. The zero-order chi connectivity index (χ0) is 24.6. The Hall–Kier alpha value is -2.69. The molecule has 2 aromatic rings. The quantitative estimate of drug-likeness (QED) is 0.630. The van der Waals surface area contributed by atoms with Gasteiger partial charge in [0.1, 0.15) is 11.6 Å². The SMILES string of the molecule is CNS(=O)(=O)c1ccc(C(=O)Nc2cccc(N3CCO[C@H](C)C3)n2)c(N2CCC3(CC2)CC3)c1. The highest BCUT2D eigenvalue weighted by Crippen LogP contribution is 2.54. The van der Waals surface area contributed by atoms with Crippen LogP contribution in [0.15, 0.2) is 41.3 Å². The molecule has 1 amide bonds. The van der Waals surface area contributed by atoms with Crippen molar-refractivity contribution in [1.29, 1.82) is 0 Å². The summed E-state index contributed by atoms with van der Waals surface area (Å²) in [6, 6.07) is 10.3. The number of ether oxygens (including phenoxy) is 1. The molecular weight excluding hydrogens is 466 g/mol. The van der Waals surface area contributed by atoms with E-state index in [0.717, 1.165) is 44.8 Å². The highest BCUT2D eigenvalue weighted by atomic mass is 32.2. The number of nitrogens with one attached hydrogen (secondary N) is 2. The molecule has 2 saturated heterocycles. The third kappa shape index (κ3) is 5.14. The lowest BCUT2D eigenvalue weighted by Crippen LogP contribution is -2.41. The number of aromatic nitrogens is 1. The van der Waals surface area contributed by atoms with Gasteiger partial charge in [0.15, 0.2) is 0 Å². The molecule has 0 bridgehead atoms. The van der Waals surface area contributed by atoms with Crippen LogP contribution in [0, 0.1) is 5.41 Å². The van der Waals surface area contributed by atoms with Crippen LogP contribution >= 0.6 is 0 Å². The highest BCUT2D eigenvalue weighted by Gasteiger charge is 2.44. The van der Waals surface area contributed by atoms with Crippen LogP contribution in [0.4, 0.5) is 17.3 Å². The van der Waals surface area contributed by atoms with Gasteiger partial charge in [-0.1, -0.05) is 6.07 Å². The number of anilines is 3. The number of benzene rings is 1. The van der Waals surface area contributed by atoms with Gasteiger partial charge >= 0.3 is 0 Å². The van der Waals surface area contributed by atoms with Gasteiger partial charge in [-0.05, 0) is 75.4 Å². The molecule has 2 N–H and O–H groups in total. The number of piperidine rings is 1. The number of carbonyl (C=O) groups is 1. The van der Waals surface area contributed by atoms with Crippen molar-refractivity contribution in [3.63, 3.8) is 0 Å². The van der Waals surface area contributed by atoms with Crippen LogP contribution in [0.3, 0.4) is 0 Å². The van der Waals surface area contributed by atoms with Gasteiger partial charge in [0.05, 0.1) is 28.9 Å². The van der Waals surface area contributed by atoms with Crippen molar-refractivity contribution in [2.75, 3.05) is 55.0 Å². The lowest BCUT2D eigenvalue weighted by molar-refractivity contribution is 0.0529. The molecule has 1 atom stereocenters. The van der Waals surface area contributed by atoms with Crippen LogP contribution in [-0.4, -0.2) is 65.2 Å². The van der Waals surface area contributed by atoms with Gasteiger partial charge in [0.2, 0.25) is 10.0 Å². The van der Waals surface area contributed by atoms with Crippen LogP contribution in [0.25, 0.3) is 0 Å². The molecule has 5 rings (SSSR count). The monoisotopic (exact) mass is 499 g/mol. The van der Waals surface area contributed by atoms with Gasteiger partial charge in [-0.2, -0.15) is 0 Å². The van der Waals surface area contributed by atoms with E-state index in [1.807, 2.05) is 19.1 Å². The van der Waals surface area contributed by atoms with Crippen molar-refractivity contribution >= 4 is 33.3 Å². The van der Waals surface area contributed by atoms with Crippen LogP contribution < -0.4 is 19.8 Å². The van der Waals surface area contributed by atoms with Crippen molar-refractivity contribution in [3.8, 4) is 0 Å². The number of carbonyl (C=O) groups excluding carboxylic acids is 1. The molecule has 2 aliphatic heterocycles. The first-order valence-electron chi connectivity index (χ1n) is 12.3. The number of rotatable bonds is 6. The molecule has 1 aliphatic carbocycles. The van der Waals surface area contributed by atoms with Crippen molar-refractivity contribution in [2.45, 2.75) is 43.6 Å². The Balaban J connectivity index is 1.40. The van der Waals surface area contributed by atoms with Gasteiger partial charge < -0.3 is 19.9 Å². The van der Waals surface area contributed by atoms with Crippen LogP contribution in [0.2, 0.25) is 0 Å². The minimum absolute atomic E-state index is 0.123. The summed E-state index contributed by atoms with van der Waals surface area (Å²) in [5.74, 6) is 0.944. The topological polar surface area (TPSA) is 104 Å². The molecule has 3 heterocycles. The summed E-state index contributed by atoms with van der Waals surface area (Å²) in [7, 11) is -2.24. The number of sulfonamides is 1. The first-order chi connectivity index (χ1) is 16.8. The van der Waals surface area contributed by atoms with Crippen molar-refractivity contribution in [2.24, 2.45) is 5.41 Å².